The summed E-state index contributed by atoms with van der Waals surface area (Å²) in [7, 11) is 0. The predicted molar refractivity (Wildman–Crippen MR) is 89.2 cm³/mol. The number of nitrogens with one attached hydrogen (secondary N) is 1. The summed E-state index contributed by atoms with van der Waals surface area (Å²) in [6, 6.07) is 11.2. The van der Waals surface area contributed by atoms with Crippen LogP contribution in [0.1, 0.15) is 22.8 Å². The molecule has 0 aromatic heterocycles. The Morgan fingerprint density at radius 2 is 2.00 bits per heavy atom. The van der Waals surface area contributed by atoms with Gasteiger partial charge in [0, 0.05) is 36.9 Å². The number of hydrogen-bond donors (Lipinski definition) is 1. The van der Waals surface area contributed by atoms with Crippen molar-refractivity contribution in [2.24, 2.45) is 0 Å². The van der Waals surface area contributed by atoms with E-state index in [-0.39, 0.29) is 17.5 Å². The standard InChI is InChI=1S/C17H15N3O4/c1-11(21)18-14-4-2-3-13(9-14)17(22)19-8-7-12-5-6-15(20(23)24)10-16(12)19/h2-6,9-10H,7-8H2,1H3,(H,18,21). The Morgan fingerprint density at radius 1 is 1.21 bits per heavy atom. The van der Waals surface area contributed by atoms with Crippen LogP contribution in [0.3, 0.4) is 0 Å². The van der Waals surface area contributed by atoms with Crippen molar-refractivity contribution >= 4 is 28.9 Å². The molecule has 0 saturated heterocycles. The van der Waals surface area contributed by atoms with Crippen molar-refractivity contribution in [1.29, 1.82) is 0 Å². The minimum absolute atomic E-state index is 0.0413. The minimum atomic E-state index is -0.474. The highest BCUT2D eigenvalue weighted by atomic mass is 16.6. The summed E-state index contributed by atoms with van der Waals surface area (Å²) in [6.45, 7) is 1.87. The second-order valence-corrected chi connectivity index (χ2v) is 5.54. The van der Waals surface area contributed by atoms with E-state index in [9.17, 15) is 19.7 Å². The van der Waals surface area contributed by atoms with Crippen molar-refractivity contribution in [2.45, 2.75) is 13.3 Å². The number of hydrogen-bond acceptors (Lipinski definition) is 4. The molecule has 0 spiro atoms. The second-order valence-electron chi connectivity index (χ2n) is 5.54. The molecule has 0 bridgehead atoms. The van der Waals surface area contributed by atoms with E-state index in [1.807, 2.05) is 0 Å². The molecular formula is C17H15N3O4. The summed E-state index contributed by atoms with van der Waals surface area (Å²) in [6.07, 6.45) is 0.657. The third-order valence-corrected chi connectivity index (χ3v) is 3.85. The van der Waals surface area contributed by atoms with E-state index in [2.05, 4.69) is 5.32 Å². The van der Waals surface area contributed by atoms with Gasteiger partial charge in [0.05, 0.1) is 10.6 Å². The summed E-state index contributed by atoms with van der Waals surface area (Å²) < 4.78 is 0. The molecule has 0 unspecified atom stereocenters. The molecule has 1 aliphatic heterocycles. The van der Waals surface area contributed by atoms with E-state index < -0.39 is 4.92 Å². The molecule has 2 amide bonds. The van der Waals surface area contributed by atoms with Gasteiger partial charge in [-0.05, 0) is 30.2 Å². The van der Waals surface area contributed by atoms with Gasteiger partial charge < -0.3 is 10.2 Å². The van der Waals surface area contributed by atoms with Gasteiger partial charge in [0.15, 0.2) is 0 Å². The van der Waals surface area contributed by atoms with Crippen LogP contribution in [0.15, 0.2) is 42.5 Å². The van der Waals surface area contributed by atoms with Gasteiger partial charge in [0.1, 0.15) is 0 Å². The molecule has 0 fully saturated rings. The van der Waals surface area contributed by atoms with Gasteiger partial charge in [-0.2, -0.15) is 0 Å². The number of benzene rings is 2. The van der Waals surface area contributed by atoms with Crippen LogP contribution in [0.2, 0.25) is 0 Å². The van der Waals surface area contributed by atoms with E-state index in [4.69, 9.17) is 0 Å². The molecule has 1 aliphatic rings. The van der Waals surface area contributed by atoms with Crippen molar-refractivity contribution in [2.75, 3.05) is 16.8 Å². The molecule has 1 heterocycles. The molecule has 24 heavy (non-hydrogen) atoms. The third-order valence-electron chi connectivity index (χ3n) is 3.85. The SMILES string of the molecule is CC(=O)Nc1cccc(C(=O)N2CCc3ccc([N+](=O)[O-])cc32)c1. The van der Waals surface area contributed by atoms with Crippen molar-refractivity contribution in [1.82, 2.24) is 0 Å². The number of nitro groups is 1. The van der Waals surface area contributed by atoms with E-state index in [0.29, 0.717) is 29.9 Å². The predicted octanol–water partition coefficient (Wildman–Crippen LogP) is 2.76. The maximum atomic E-state index is 12.8. The topological polar surface area (TPSA) is 92.6 Å². The monoisotopic (exact) mass is 325 g/mol. The molecular weight excluding hydrogens is 310 g/mol. The fourth-order valence-electron chi connectivity index (χ4n) is 2.78. The molecule has 3 rings (SSSR count). The quantitative estimate of drug-likeness (QED) is 0.693. The summed E-state index contributed by atoms with van der Waals surface area (Å²) in [5, 5.41) is 13.6. The highest BCUT2D eigenvalue weighted by molar-refractivity contribution is 6.08. The van der Waals surface area contributed by atoms with Crippen LogP contribution in [0, 0.1) is 10.1 Å². The fraction of sp³-hybridized carbons (Fsp3) is 0.176. The highest BCUT2D eigenvalue weighted by Crippen LogP contribution is 2.32. The van der Waals surface area contributed by atoms with Gasteiger partial charge in [-0.25, -0.2) is 0 Å². The van der Waals surface area contributed by atoms with Crippen molar-refractivity contribution in [3.05, 3.63) is 63.7 Å². The molecule has 0 atom stereocenters. The summed E-state index contributed by atoms with van der Waals surface area (Å²) >= 11 is 0. The molecule has 7 heteroatoms. The molecule has 0 radical (unpaired) electrons. The first-order chi connectivity index (χ1) is 11.5. The zero-order valence-corrected chi connectivity index (χ0v) is 13.0. The van der Waals surface area contributed by atoms with E-state index in [0.717, 1.165) is 5.56 Å². The van der Waals surface area contributed by atoms with Gasteiger partial charge in [-0.1, -0.05) is 12.1 Å². The summed E-state index contributed by atoms with van der Waals surface area (Å²) in [5.41, 5.74) is 2.39. The Kier molecular flexibility index (Phi) is 3.99. The lowest BCUT2D eigenvalue weighted by Crippen LogP contribution is -2.29. The lowest BCUT2D eigenvalue weighted by molar-refractivity contribution is -0.384. The largest absolute Gasteiger partial charge is 0.326 e. The lowest BCUT2D eigenvalue weighted by Gasteiger charge is -2.17. The van der Waals surface area contributed by atoms with Crippen molar-refractivity contribution in [3.63, 3.8) is 0 Å². The number of anilines is 2. The van der Waals surface area contributed by atoms with Gasteiger partial charge in [0.2, 0.25) is 5.91 Å². The first-order valence-electron chi connectivity index (χ1n) is 7.42. The molecule has 122 valence electrons. The van der Waals surface area contributed by atoms with Gasteiger partial charge in [-0.3, -0.25) is 19.7 Å². The molecule has 1 N–H and O–H groups in total. The maximum Gasteiger partial charge on any atom is 0.271 e. The minimum Gasteiger partial charge on any atom is -0.326 e. The number of rotatable bonds is 3. The Hall–Kier alpha value is -3.22. The lowest BCUT2D eigenvalue weighted by atomic mass is 10.1. The molecule has 0 saturated carbocycles. The van der Waals surface area contributed by atoms with Crippen molar-refractivity contribution in [3.8, 4) is 0 Å². The first-order valence-corrected chi connectivity index (χ1v) is 7.42. The van der Waals surface area contributed by atoms with Crippen LogP contribution in [0.4, 0.5) is 17.1 Å². The van der Waals surface area contributed by atoms with Gasteiger partial charge in [-0.15, -0.1) is 0 Å². The normalized spacial score (nSPS) is 12.6. The number of amides is 2. The zero-order valence-electron chi connectivity index (χ0n) is 13.0. The second kappa shape index (κ2) is 6.11. The zero-order chi connectivity index (χ0) is 17.3. The smallest absolute Gasteiger partial charge is 0.271 e. The Labute approximate surface area is 138 Å². The number of fused-ring (bicyclic) bond motifs is 1. The Morgan fingerprint density at radius 3 is 2.71 bits per heavy atom. The third kappa shape index (κ3) is 2.96. The summed E-state index contributed by atoms with van der Waals surface area (Å²) in [5.74, 6) is -0.469. The average molecular weight is 325 g/mol. The highest BCUT2D eigenvalue weighted by Gasteiger charge is 2.27. The van der Waals surface area contributed by atoms with E-state index >= 15 is 0 Å². The summed E-state index contributed by atoms with van der Waals surface area (Å²) in [4.78, 5) is 35.9. The number of carbonyl (C=O) groups excluding carboxylic acids is 2. The molecule has 2 aromatic carbocycles. The molecule has 7 nitrogen and oxygen atoms in total. The van der Waals surface area contributed by atoms with Gasteiger partial charge in [0.25, 0.3) is 11.6 Å². The number of carbonyl (C=O) groups is 2. The maximum absolute atomic E-state index is 12.8. The van der Waals surface area contributed by atoms with Crippen LogP contribution >= 0.6 is 0 Å². The van der Waals surface area contributed by atoms with Crippen LogP contribution in [0.25, 0.3) is 0 Å². The Bertz CT molecular complexity index is 847. The fourth-order valence-corrected chi connectivity index (χ4v) is 2.78. The molecule has 0 aliphatic carbocycles. The first kappa shape index (κ1) is 15.7. The van der Waals surface area contributed by atoms with Crippen LogP contribution in [-0.4, -0.2) is 23.3 Å². The van der Waals surface area contributed by atoms with Crippen LogP contribution in [-0.2, 0) is 11.2 Å². The number of nitro benzene ring substituents is 1. The number of nitrogens with zero attached hydrogens (tertiary/aromatic N) is 2. The van der Waals surface area contributed by atoms with Crippen molar-refractivity contribution < 1.29 is 14.5 Å². The van der Waals surface area contributed by atoms with Crippen LogP contribution in [0.5, 0.6) is 0 Å². The average Bonchev–Trinajstić information content (AvgIpc) is 2.96. The van der Waals surface area contributed by atoms with Gasteiger partial charge >= 0.3 is 0 Å². The van der Waals surface area contributed by atoms with E-state index in [1.165, 1.54) is 24.0 Å². The van der Waals surface area contributed by atoms with E-state index in [1.54, 1.807) is 30.3 Å². The number of non-ortho nitro benzene ring substituents is 1. The molecule has 2 aromatic rings. The Balaban J connectivity index is 1.92. The van der Waals surface area contributed by atoms with Crippen LogP contribution < -0.4 is 10.2 Å².